The molecule has 3 heteroatoms. The van der Waals surface area contributed by atoms with Crippen LogP contribution < -0.4 is 10.2 Å². The average molecular weight is 275 g/mol. The fraction of sp³-hybridized carbons (Fsp3) is 0.706. The molecule has 2 atom stereocenters. The molecule has 1 aliphatic rings. The van der Waals surface area contributed by atoms with E-state index in [1.54, 1.807) is 0 Å². The number of hydrogen-bond acceptors (Lipinski definition) is 3. The average Bonchev–Trinajstić information content (AvgIpc) is 2.47. The van der Waals surface area contributed by atoms with E-state index in [0.29, 0.717) is 6.04 Å². The summed E-state index contributed by atoms with van der Waals surface area (Å²) in [7, 11) is 0. The highest BCUT2D eigenvalue weighted by atomic mass is 15.2. The zero-order chi connectivity index (χ0) is 14.5. The Hall–Kier alpha value is -1.09. The molecule has 20 heavy (non-hydrogen) atoms. The quantitative estimate of drug-likeness (QED) is 0.893. The van der Waals surface area contributed by atoms with Crippen LogP contribution in [0.5, 0.6) is 0 Å². The lowest BCUT2D eigenvalue weighted by molar-refractivity contribution is 0.388. The van der Waals surface area contributed by atoms with Crippen molar-refractivity contribution in [2.24, 2.45) is 5.92 Å². The molecule has 112 valence electrons. The molecule has 1 fully saturated rings. The Morgan fingerprint density at radius 2 is 2.05 bits per heavy atom. The Labute approximate surface area is 123 Å². The van der Waals surface area contributed by atoms with Crippen molar-refractivity contribution in [1.29, 1.82) is 0 Å². The second kappa shape index (κ2) is 7.07. The van der Waals surface area contributed by atoms with Crippen LogP contribution >= 0.6 is 0 Å². The van der Waals surface area contributed by atoms with Crippen molar-refractivity contribution in [1.82, 2.24) is 10.3 Å². The molecule has 3 nitrogen and oxygen atoms in total. The van der Waals surface area contributed by atoms with Crippen LogP contribution in [-0.4, -0.2) is 24.1 Å². The summed E-state index contributed by atoms with van der Waals surface area (Å²) in [4.78, 5) is 7.37. The lowest BCUT2D eigenvalue weighted by Gasteiger charge is -2.38. The van der Waals surface area contributed by atoms with Gasteiger partial charge in [0, 0.05) is 24.8 Å². The van der Waals surface area contributed by atoms with Gasteiger partial charge in [0.25, 0.3) is 0 Å². The molecule has 0 aromatic carbocycles. The van der Waals surface area contributed by atoms with Gasteiger partial charge in [-0.25, -0.2) is 4.98 Å². The molecule has 0 amide bonds. The van der Waals surface area contributed by atoms with E-state index in [-0.39, 0.29) is 0 Å². The second-order valence-electron chi connectivity index (χ2n) is 6.14. The first kappa shape index (κ1) is 15.3. The van der Waals surface area contributed by atoms with Crippen LogP contribution in [0.15, 0.2) is 12.1 Å². The number of anilines is 1. The lowest BCUT2D eigenvalue weighted by Crippen LogP contribution is -2.41. The Morgan fingerprint density at radius 1 is 1.25 bits per heavy atom. The molecule has 0 spiro atoms. The van der Waals surface area contributed by atoms with Gasteiger partial charge in [-0.1, -0.05) is 20.8 Å². The Morgan fingerprint density at radius 3 is 2.75 bits per heavy atom. The van der Waals surface area contributed by atoms with Crippen molar-refractivity contribution >= 4 is 5.82 Å². The maximum Gasteiger partial charge on any atom is 0.129 e. The first-order chi connectivity index (χ1) is 9.63. The first-order valence-corrected chi connectivity index (χ1v) is 8.11. The predicted molar refractivity (Wildman–Crippen MR) is 86.2 cm³/mol. The van der Waals surface area contributed by atoms with Crippen molar-refractivity contribution < 1.29 is 0 Å². The second-order valence-corrected chi connectivity index (χ2v) is 6.14. The van der Waals surface area contributed by atoms with Crippen LogP contribution in [0.1, 0.15) is 51.8 Å². The van der Waals surface area contributed by atoms with E-state index in [0.717, 1.165) is 32.0 Å². The summed E-state index contributed by atoms with van der Waals surface area (Å²) in [6.45, 7) is 12.1. The third kappa shape index (κ3) is 3.72. The first-order valence-electron chi connectivity index (χ1n) is 8.11. The third-order valence-electron chi connectivity index (χ3n) is 4.28. The van der Waals surface area contributed by atoms with Crippen LogP contribution in [-0.2, 0) is 13.0 Å². The monoisotopic (exact) mass is 275 g/mol. The zero-order valence-electron chi connectivity index (χ0n) is 13.4. The van der Waals surface area contributed by atoms with Crippen molar-refractivity contribution in [2.45, 2.75) is 59.5 Å². The van der Waals surface area contributed by atoms with Gasteiger partial charge in [0.2, 0.25) is 0 Å². The van der Waals surface area contributed by atoms with Crippen molar-refractivity contribution in [3.05, 3.63) is 23.4 Å². The van der Waals surface area contributed by atoms with E-state index in [1.165, 1.54) is 29.9 Å². The summed E-state index contributed by atoms with van der Waals surface area (Å²) in [5.74, 6) is 1.95. The molecule has 1 aromatic heterocycles. The number of aryl methyl sites for hydroxylation is 1. The molecule has 2 heterocycles. The molecule has 1 aliphatic heterocycles. The Kier molecular flexibility index (Phi) is 5.41. The molecule has 2 rings (SSSR count). The number of nitrogens with one attached hydrogen (secondary N) is 1. The minimum Gasteiger partial charge on any atom is -0.354 e. The molecule has 0 bridgehead atoms. The smallest absolute Gasteiger partial charge is 0.129 e. The highest BCUT2D eigenvalue weighted by Gasteiger charge is 2.24. The van der Waals surface area contributed by atoms with Gasteiger partial charge >= 0.3 is 0 Å². The van der Waals surface area contributed by atoms with Gasteiger partial charge in [-0.3, -0.25) is 0 Å². The molecular formula is C17H29N3. The zero-order valence-corrected chi connectivity index (χ0v) is 13.4. The Bertz CT molecular complexity index is 430. The number of aromatic nitrogens is 1. The van der Waals surface area contributed by atoms with Crippen LogP contribution in [0.4, 0.5) is 5.82 Å². The van der Waals surface area contributed by atoms with E-state index >= 15 is 0 Å². The summed E-state index contributed by atoms with van der Waals surface area (Å²) in [5, 5.41) is 3.42. The van der Waals surface area contributed by atoms with E-state index in [9.17, 15) is 0 Å². The summed E-state index contributed by atoms with van der Waals surface area (Å²) >= 11 is 0. The molecular weight excluding hydrogens is 246 g/mol. The number of nitrogens with zero attached hydrogens (tertiary/aromatic N) is 2. The minimum atomic E-state index is 0.609. The van der Waals surface area contributed by atoms with E-state index in [1.807, 2.05) is 0 Å². The van der Waals surface area contributed by atoms with Gasteiger partial charge in [-0.05, 0) is 56.3 Å². The van der Waals surface area contributed by atoms with Crippen molar-refractivity contribution in [3.63, 3.8) is 0 Å². The summed E-state index contributed by atoms with van der Waals surface area (Å²) in [6.07, 6.45) is 3.63. The Balaban J connectivity index is 2.24. The normalized spacial score (nSPS) is 23.1. The molecule has 0 saturated carbocycles. The maximum atomic E-state index is 4.87. The number of rotatable bonds is 5. The van der Waals surface area contributed by atoms with Gasteiger partial charge in [-0.15, -0.1) is 0 Å². The van der Waals surface area contributed by atoms with Crippen LogP contribution in [0, 0.1) is 5.92 Å². The SMILES string of the molecule is CCNCc1cc(CC)nc(N2CC(C)CCC2C)c1. The predicted octanol–water partition coefficient (Wildman–Crippen LogP) is 3.38. The number of hydrogen-bond donors (Lipinski definition) is 1. The maximum absolute atomic E-state index is 4.87. The molecule has 0 aliphatic carbocycles. The fourth-order valence-corrected chi connectivity index (χ4v) is 2.94. The highest BCUT2D eigenvalue weighted by Crippen LogP contribution is 2.27. The number of piperidine rings is 1. The van der Waals surface area contributed by atoms with Gasteiger partial charge in [-0.2, -0.15) is 0 Å². The minimum absolute atomic E-state index is 0.609. The summed E-state index contributed by atoms with van der Waals surface area (Å²) in [5.41, 5.74) is 2.57. The molecule has 1 saturated heterocycles. The summed E-state index contributed by atoms with van der Waals surface area (Å²) < 4.78 is 0. The largest absolute Gasteiger partial charge is 0.354 e. The van der Waals surface area contributed by atoms with E-state index in [2.05, 4.69) is 50.0 Å². The van der Waals surface area contributed by atoms with E-state index in [4.69, 9.17) is 4.98 Å². The standard InChI is InChI=1S/C17H29N3/c1-5-16-9-15(11-18-6-2)10-17(19-16)20-12-13(3)7-8-14(20)4/h9-10,13-14,18H,5-8,11-12H2,1-4H3. The van der Waals surface area contributed by atoms with Gasteiger partial charge in [0.15, 0.2) is 0 Å². The number of pyridine rings is 1. The molecule has 0 radical (unpaired) electrons. The van der Waals surface area contributed by atoms with Crippen molar-refractivity contribution in [2.75, 3.05) is 18.0 Å². The van der Waals surface area contributed by atoms with Crippen LogP contribution in [0.25, 0.3) is 0 Å². The van der Waals surface area contributed by atoms with Gasteiger partial charge in [0.05, 0.1) is 0 Å². The third-order valence-corrected chi connectivity index (χ3v) is 4.28. The summed E-state index contributed by atoms with van der Waals surface area (Å²) in [6, 6.07) is 5.12. The lowest BCUT2D eigenvalue weighted by atomic mass is 9.95. The molecule has 1 aromatic rings. The molecule has 2 unspecified atom stereocenters. The van der Waals surface area contributed by atoms with Crippen LogP contribution in [0.3, 0.4) is 0 Å². The molecule has 1 N–H and O–H groups in total. The van der Waals surface area contributed by atoms with E-state index < -0.39 is 0 Å². The van der Waals surface area contributed by atoms with Gasteiger partial charge in [0.1, 0.15) is 5.82 Å². The highest BCUT2D eigenvalue weighted by molar-refractivity contribution is 5.44. The van der Waals surface area contributed by atoms with Crippen molar-refractivity contribution in [3.8, 4) is 0 Å². The fourth-order valence-electron chi connectivity index (χ4n) is 2.94. The topological polar surface area (TPSA) is 28.2 Å². The van der Waals surface area contributed by atoms with Crippen LogP contribution in [0.2, 0.25) is 0 Å². The van der Waals surface area contributed by atoms with Gasteiger partial charge < -0.3 is 10.2 Å².